The molecule has 0 bridgehead atoms. The monoisotopic (exact) mass is 386 g/mol. The van der Waals surface area contributed by atoms with Crippen molar-refractivity contribution in [2.75, 3.05) is 7.05 Å². The molecule has 1 N–H and O–H groups in total. The van der Waals surface area contributed by atoms with Gasteiger partial charge in [-0.2, -0.15) is 13.2 Å². The van der Waals surface area contributed by atoms with E-state index in [0.29, 0.717) is 11.3 Å². The third-order valence-electron chi connectivity index (χ3n) is 2.67. The molecular weight excluding hydrogens is 379 g/mol. The smallest absolute Gasteiger partial charge is 0.308 e. The van der Waals surface area contributed by atoms with Gasteiger partial charge in [0, 0.05) is 21.1 Å². The Morgan fingerprint density at radius 2 is 1.81 bits per heavy atom. The van der Waals surface area contributed by atoms with Crippen LogP contribution < -0.4 is 5.32 Å². The molecule has 0 aliphatic carbocycles. The molecule has 0 saturated carbocycles. The molecule has 1 heterocycles. The number of alkyl halides is 3. The zero-order valence-corrected chi connectivity index (χ0v) is 12.8. The first-order valence-corrected chi connectivity index (χ1v) is 7.19. The minimum Gasteiger partial charge on any atom is -0.308 e. The van der Waals surface area contributed by atoms with Crippen molar-refractivity contribution in [2.45, 2.75) is 12.2 Å². The summed E-state index contributed by atoms with van der Waals surface area (Å²) in [5.74, 6) is -1.72. The third-order valence-corrected chi connectivity index (χ3v) is 4.24. The Hall–Kier alpha value is -1.06. The summed E-state index contributed by atoms with van der Waals surface area (Å²) in [5.41, 5.74) is -0.349. The lowest BCUT2D eigenvalue weighted by Crippen LogP contribution is -2.19. The van der Waals surface area contributed by atoms with Crippen LogP contribution in [0.1, 0.15) is 21.5 Å². The van der Waals surface area contributed by atoms with E-state index in [-0.39, 0.29) is 14.9 Å². The summed E-state index contributed by atoms with van der Waals surface area (Å²) in [6.45, 7) is 0. The lowest BCUT2D eigenvalue weighted by atomic mass is 10.0. The number of nitrogens with zero attached hydrogens (tertiary/aromatic N) is 1. The first-order valence-electron chi connectivity index (χ1n) is 5.58. The Bertz CT molecular complexity index is 632. The molecule has 1 atom stereocenters. The summed E-state index contributed by atoms with van der Waals surface area (Å²) in [5, 5.41) is 1.55. The van der Waals surface area contributed by atoms with Crippen molar-refractivity contribution in [1.82, 2.24) is 10.3 Å². The molecule has 1 unspecified atom stereocenters. The van der Waals surface area contributed by atoms with Crippen molar-refractivity contribution in [3.63, 3.8) is 0 Å². The summed E-state index contributed by atoms with van der Waals surface area (Å²) in [7, 11) is 1.40. The highest BCUT2D eigenvalue weighted by atomic mass is 79.9. The van der Waals surface area contributed by atoms with E-state index < -0.39 is 28.9 Å². The Morgan fingerprint density at radius 1 is 1.24 bits per heavy atom. The third kappa shape index (κ3) is 3.41. The van der Waals surface area contributed by atoms with Gasteiger partial charge in [0.2, 0.25) is 0 Å². The molecule has 0 fully saturated rings. The van der Waals surface area contributed by atoms with Gasteiger partial charge in [0.1, 0.15) is 11.6 Å². The second kappa shape index (κ2) is 5.98. The van der Waals surface area contributed by atoms with Gasteiger partial charge in [-0.3, -0.25) is 0 Å². The number of benzene rings is 1. The predicted octanol–water partition coefficient (Wildman–Crippen LogP) is 4.51. The van der Waals surface area contributed by atoms with Crippen LogP contribution in [-0.4, -0.2) is 12.0 Å². The lowest BCUT2D eigenvalue weighted by molar-refractivity contribution is -0.137. The first-order chi connectivity index (χ1) is 9.74. The van der Waals surface area contributed by atoms with Gasteiger partial charge in [0.15, 0.2) is 5.01 Å². The minimum absolute atomic E-state index is 0.0740. The number of nitrogens with one attached hydrogen (secondary N) is 1. The van der Waals surface area contributed by atoms with E-state index in [0.717, 1.165) is 18.3 Å². The first kappa shape index (κ1) is 16.3. The fourth-order valence-electron chi connectivity index (χ4n) is 1.81. The van der Waals surface area contributed by atoms with Crippen molar-refractivity contribution in [2.24, 2.45) is 0 Å². The van der Waals surface area contributed by atoms with Crippen molar-refractivity contribution in [3.05, 3.63) is 49.9 Å². The predicted molar refractivity (Wildman–Crippen MR) is 72.1 cm³/mol. The van der Waals surface area contributed by atoms with Crippen molar-refractivity contribution in [1.29, 1.82) is 0 Å². The normalized spacial score (nSPS) is 13.5. The second-order valence-corrected chi connectivity index (χ2v) is 6.05. The molecule has 0 aliphatic heterocycles. The highest BCUT2D eigenvalue weighted by Gasteiger charge is 2.36. The molecule has 0 saturated heterocycles. The van der Waals surface area contributed by atoms with Crippen LogP contribution in [0.5, 0.6) is 0 Å². The van der Waals surface area contributed by atoms with Gasteiger partial charge in [-0.15, -0.1) is 11.3 Å². The quantitative estimate of drug-likeness (QED) is 0.784. The molecule has 9 heteroatoms. The van der Waals surface area contributed by atoms with E-state index in [4.69, 9.17) is 0 Å². The number of aromatic nitrogens is 1. The van der Waals surface area contributed by atoms with Gasteiger partial charge in [-0.1, -0.05) is 15.9 Å². The number of thiazole rings is 1. The molecule has 1 aromatic heterocycles. The Morgan fingerprint density at radius 3 is 2.24 bits per heavy atom. The molecule has 0 spiro atoms. The van der Waals surface area contributed by atoms with Crippen LogP contribution in [0.2, 0.25) is 0 Å². The van der Waals surface area contributed by atoms with Crippen LogP contribution in [0.3, 0.4) is 0 Å². The number of rotatable bonds is 3. The van der Waals surface area contributed by atoms with E-state index in [2.05, 4.69) is 26.2 Å². The zero-order valence-electron chi connectivity index (χ0n) is 10.4. The standard InChI is InChI=1S/C12H8BrF5N2S/c1-19-10(8-4-20-11(21-8)12(16,17)18)9-6(14)2-5(13)3-7(9)15/h2-4,10,19H,1H3. The van der Waals surface area contributed by atoms with E-state index >= 15 is 0 Å². The van der Waals surface area contributed by atoms with E-state index in [9.17, 15) is 22.0 Å². The summed E-state index contributed by atoms with van der Waals surface area (Å²) in [6, 6.07) is 1.05. The summed E-state index contributed by atoms with van der Waals surface area (Å²) >= 11 is 3.29. The highest BCUT2D eigenvalue weighted by Crippen LogP contribution is 2.37. The summed E-state index contributed by atoms with van der Waals surface area (Å²) < 4.78 is 65.7. The van der Waals surface area contributed by atoms with Crippen LogP contribution in [0.25, 0.3) is 0 Å². The number of halogens is 6. The Balaban J connectivity index is 2.48. The number of hydrogen-bond acceptors (Lipinski definition) is 3. The molecule has 0 radical (unpaired) electrons. The highest BCUT2D eigenvalue weighted by molar-refractivity contribution is 9.10. The lowest BCUT2D eigenvalue weighted by Gasteiger charge is -2.16. The maximum atomic E-state index is 13.9. The van der Waals surface area contributed by atoms with Crippen molar-refractivity contribution < 1.29 is 22.0 Å². The van der Waals surface area contributed by atoms with Gasteiger partial charge in [0.05, 0.1) is 6.04 Å². The van der Waals surface area contributed by atoms with Crippen LogP contribution >= 0.6 is 27.3 Å². The van der Waals surface area contributed by atoms with Gasteiger partial charge < -0.3 is 5.32 Å². The van der Waals surface area contributed by atoms with E-state index in [1.165, 1.54) is 7.05 Å². The Labute approximate surface area is 129 Å². The van der Waals surface area contributed by atoms with Gasteiger partial charge >= 0.3 is 6.18 Å². The molecule has 21 heavy (non-hydrogen) atoms. The van der Waals surface area contributed by atoms with Crippen LogP contribution in [0.4, 0.5) is 22.0 Å². The molecule has 2 rings (SSSR count). The van der Waals surface area contributed by atoms with Crippen LogP contribution in [-0.2, 0) is 6.18 Å². The average Bonchev–Trinajstić information content (AvgIpc) is 2.82. The van der Waals surface area contributed by atoms with E-state index in [1.54, 1.807) is 0 Å². The molecule has 0 aliphatic rings. The summed E-state index contributed by atoms with van der Waals surface area (Å²) in [6.07, 6.45) is -3.62. The van der Waals surface area contributed by atoms with Crippen LogP contribution in [0, 0.1) is 11.6 Å². The molecule has 114 valence electrons. The fourth-order valence-corrected chi connectivity index (χ4v) is 3.11. The maximum absolute atomic E-state index is 13.9. The number of hydrogen-bond donors (Lipinski definition) is 1. The zero-order chi connectivity index (χ0) is 15.8. The van der Waals surface area contributed by atoms with Gasteiger partial charge in [0.25, 0.3) is 0 Å². The van der Waals surface area contributed by atoms with Crippen LogP contribution in [0.15, 0.2) is 22.8 Å². The topological polar surface area (TPSA) is 24.9 Å². The second-order valence-electron chi connectivity index (χ2n) is 4.07. The van der Waals surface area contributed by atoms with Crippen molar-refractivity contribution >= 4 is 27.3 Å². The largest absolute Gasteiger partial charge is 0.443 e. The van der Waals surface area contributed by atoms with Crippen molar-refractivity contribution in [3.8, 4) is 0 Å². The van der Waals surface area contributed by atoms with Gasteiger partial charge in [-0.05, 0) is 19.2 Å². The molecule has 1 aromatic carbocycles. The fraction of sp³-hybridized carbons (Fsp3) is 0.250. The Kier molecular flexibility index (Phi) is 4.64. The summed E-state index contributed by atoms with van der Waals surface area (Å²) in [4.78, 5) is 3.33. The minimum atomic E-state index is -4.59. The SMILES string of the molecule is CNC(c1cnc(C(F)(F)F)s1)c1c(F)cc(Br)cc1F. The molecule has 2 nitrogen and oxygen atoms in total. The molecule has 0 amide bonds. The van der Waals surface area contributed by atoms with E-state index in [1.807, 2.05) is 0 Å². The van der Waals surface area contributed by atoms with Gasteiger partial charge in [-0.25, -0.2) is 13.8 Å². The molecular formula is C12H8BrF5N2S. The maximum Gasteiger partial charge on any atom is 0.443 e. The average molecular weight is 387 g/mol. The molecule has 2 aromatic rings.